The highest BCUT2D eigenvalue weighted by atomic mass is 16.5. The van der Waals surface area contributed by atoms with Gasteiger partial charge >= 0.3 is 0 Å². The Labute approximate surface area is 139 Å². The van der Waals surface area contributed by atoms with Gasteiger partial charge in [0.15, 0.2) is 0 Å². The van der Waals surface area contributed by atoms with Gasteiger partial charge in [-0.15, -0.1) is 0 Å². The lowest BCUT2D eigenvalue weighted by Crippen LogP contribution is -2.16. The molecule has 0 aliphatic heterocycles. The van der Waals surface area contributed by atoms with E-state index in [2.05, 4.69) is 58.0 Å². The van der Waals surface area contributed by atoms with E-state index in [9.17, 15) is 5.11 Å². The SMILES string of the molecule is COc1cc2c(c(-c3ccccc3)c1C(C)(C)C)CC(C)C2O. The number of ether oxygens (including phenoxy) is 1. The topological polar surface area (TPSA) is 29.5 Å². The third kappa shape index (κ3) is 2.66. The van der Waals surface area contributed by atoms with Gasteiger partial charge < -0.3 is 9.84 Å². The summed E-state index contributed by atoms with van der Waals surface area (Å²) in [5.41, 5.74) is 5.95. The second-order valence-corrected chi connectivity index (χ2v) is 7.64. The molecule has 0 heterocycles. The van der Waals surface area contributed by atoms with E-state index in [-0.39, 0.29) is 11.3 Å². The first-order valence-electron chi connectivity index (χ1n) is 8.32. The molecule has 0 radical (unpaired) electrons. The van der Waals surface area contributed by atoms with Crippen molar-refractivity contribution in [3.05, 3.63) is 53.1 Å². The fourth-order valence-corrected chi connectivity index (χ4v) is 3.77. The van der Waals surface area contributed by atoms with Crippen molar-refractivity contribution in [2.24, 2.45) is 5.92 Å². The van der Waals surface area contributed by atoms with Gasteiger partial charge in [-0.1, -0.05) is 58.0 Å². The van der Waals surface area contributed by atoms with Gasteiger partial charge in [0, 0.05) is 5.56 Å². The van der Waals surface area contributed by atoms with Crippen LogP contribution in [0.1, 0.15) is 50.5 Å². The van der Waals surface area contributed by atoms with Crippen LogP contribution in [0.3, 0.4) is 0 Å². The van der Waals surface area contributed by atoms with Gasteiger partial charge in [-0.3, -0.25) is 0 Å². The third-order valence-electron chi connectivity index (χ3n) is 4.85. The molecule has 2 nitrogen and oxygen atoms in total. The molecule has 3 rings (SSSR count). The molecule has 2 aromatic carbocycles. The van der Waals surface area contributed by atoms with Crippen LogP contribution in [0.5, 0.6) is 5.75 Å². The molecule has 2 heteroatoms. The Balaban J connectivity index is 2.39. The van der Waals surface area contributed by atoms with E-state index in [1.165, 1.54) is 22.3 Å². The molecular formula is C21H26O2. The highest BCUT2D eigenvalue weighted by Gasteiger charge is 2.35. The molecule has 23 heavy (non-hydrogen) atoms. The summed E-state index contributed by atoms with van der Waals surface area (Å²) in [6, 6.07) is 12.5. The predicted molar refractivity (Wildman–Crippen MR) is 95.0 cm³/mol. The summed E-state index contributed by atoms with van der Waals surface area (Å²) in [5.74, 6) is 1.12. The lowest BCUT2D eigenvalue weighted by Gasteiger charge is -2.28. The smallest absolute Gasteiger partial charge is 0.123 e. The molecule has 0 bridgehead atoms. The number of rotatable bonds is 2. The van der Waals surface area contributed by atoms with Gasteiger partial charge in [0.25, 0.3) is 0 Å². The van der Waals surface area contributed by atoms with Crippen molar-refractivity contribution in [2.75, 3.05) is 7.11 Å². The van der Waals surface area contributed by atoms with Crippen LogP contribution in [0.25, 0.3) is 11.1 Å². The Morgan fingerprint density at radius 3 is 2.35 bits per heavy atom. The van der Waals surface area contributed by atoms with E-state index in [4.69, 9.17) is 4.74 Å². The second-order valence-electron chi connectivity index (χ2n) is 7.64. The largest absolute Gasteiger partial charge is 0.496 e. The van der Waals surface area contributed by atoms with Crippen LogP contribution in [-0.4, -0.2) is 12.2 Å². The number of benzene rings is 2. The van der Waals surface area contributed by atoms with Crippen LogP contribution in [0.4, 0.5) is 0 Å². The maximum Gasteiger partial charge on any atom is 0.123 e. The maximum atomic E-state index is 10.6. The molecule has 0 amide bonds. The molecule has 0 fully saturated rings. The summed E-state index contributed by atoms with van der Waals surface area (Å²) in [6.45, 7) is 8.78. The van der Waals surface area contributed by atoms with Crippen molar-refractivity contribution in [2.45, 2.75) is 45.6 Å². The van der Waals surface area contributed by atoms with Gasteiger partial charge in [0.05, 0.1) is 13.2 Å². The third-order valence-corrected chi connectivity index (χ3v) is 4.85. The molecule has 1 N–H and O–H groups in total. The Morgan fingerprint density at radius 1 is 1.13 bits per heavy atom. The normalized spacial score (nSPS) is 20.4. The maximum absolute atomic E-state index is 10.6. The first-order chi connectivity index (χ1) is 10.8. The molecule has 2 unspecified atom stereocenters. The van der Waals surface area contributed by atoms with Crippen LogP contribution in [0.2, 0.25) is 0 Å². The minimum absolute atomic E-state index is 0.0394. The number of methoxy groups -OCH3 is 1. The standard InChI is InChI=1S/C21H26O2/c1-13-11-15-16(20(13)22)12-17(23-5)19(21(2,3)4)18(15)14-9-7-6-8-10-14/h6-10,12-13,20,22H,11H2,1-5H3. The molecule has 0 spiro atoms. The number of fused-ring (bicyclic) bond motifs is 1. The lowest BCUT2D eigenvalue weighted by molar-refractivity contribution is 0.132. The first-order valence-corrected chi connectivity index (χ1v) is 8.32. The monoisotopic (exact) mass is 310 g/mol. The molecule has 2 aromatic rings. The van der Waals surface area contributed by atoms with Crippen LogP contribution < -0.4 is 4.74 Å². The Morgan fingerprint density at radius 2 is 1.78 bits per heavy atom. The average Bonchev–Trinajstić information content (AvgIpc) is 2.80. The zero-order chi connectivity index (χ0) is 16.8. The molecule has 0 saturated heterocycles. The Kier molecular flexibility index (Phi) is 3.97. The van der Waals surface area contributed by atoms with Crippen LogP contribution in [0.15, 0.2) is 36.4 Å². The van der Waals surface area contributed by atoms with Crippen LogP contribution >= 0.6 is 0 Å². The van der Waals surface area contributed by atoms with Crippen LogP contribution in [-0.2, 0) is 11.8 Å². The molecular weight excluding hydrogens is 284 g/mol. The van der Waals surface area contributed by atoms with Crippen molar-refractivity contribution in [1.82, 2.24) is 0 Å². The average molecular weight is 310 g/mol. The van der Waals surface area contributed by atoms with Gasteiger partial charge in [-0.2, -0.15) is 0 Å². The van der Waals surface area contributed by atoms with E-state index < -0.39 is 6.10 Å². The summed E-state index contributed by atoms with van der Waals surface area (Å²) in [4.78, 5) is 0. The quantitative estimate of drug-likeness (QED) is 0.856. The summed E-state index contributed by atoms with van der Waals surface area (Å²) in [5, 5.41) is 10.6. The van der Waals surface area contributed by atoms with Crippen LogP contribution in [0, 0.1) is 5.92 Å². The summed E-state index contributed by atoms with van der Waals surface area (Å²) < 4.78 is 5.73. The minimum Gasteiger partial charge on any atom is -0.496 e. The van der Waals surface area contributed by atoms with E-state index in [1.54, 1.807) is 7.11 Å². The van der Waals surface area contributed by atoms with E-state index in [1.807, 2.05) is 6.07 Å². The van der Waals surface area contributed by atoms with Crippen molar-refractivity contribution in [3.63, 3.8) is 0 Å². The fraction of sp³-hybridized carbons (Fsp3) is 0.429. The molecule has 0 aromatic heterocycles. The zero-order valence-electron chi connectivity index (χ0n) is 14.7. The predicted octanol–water partition coefficient (Wildman–Crippen LogP) is 4.89. The van der Waals surface area contributed by atoms with E-state index in [0.717, 1.165) is 17.7 Å². The molecule has 1 aliphatic rings. The summed E-state index contributed by atoms with van der Waals surface area (Å²) >= 11 is 0. The fourth-order valence-electron chi connectivity index (χ4n) is 3.77. The van der Waals surface area contributed by atoms with Gasteiger partial charge in [0.2, 0.25) is 0 Å². The van der Waals surface area contributed by atoms with Crippen molar-refractivity contribution < 1.29 is 9.84 Å². The van der Waals surface area contributed by atoms with Gasteiger partial charge in [-0.25, -0.2) is 0 Å². The van der Waals surface area contributed by atoms with E-state index >= 15 is 0 Å². The first kappa shape index (κ1) is 16.1. The van der Waals surface area contributed by atoms with Crippen molar-refractivity contribution >= 4 is 0 Å². The summed E-state index contributed by atoms with van der Waals surface area (Å²) in [7, 11) is 1.72. The Hall–Kier alpha value is -1.80. The zero-order valence-corrected chi connectivity index (χ0v) is 14.7. The number of aliphatic hydroxyl groups excluding tert-OH is 1. The second kappa shape index (κ2) is 5.68. The number of aliphatic hydroxyl groups is 1. The lowest BCUT2D eigenvalue weighted by atomic mass is 9.78. The molecule has 0 saturated carbocycles. The van der Waals surface area contributed by atoms with Crippen molar-refractivity contribution in [1.29, 1.82) is 0 Å². The Bertz CT molecular complexity index is 711. The summed E-state index contributed by atoms with van der Waals surface area (Å²) in [6.07, 6.45) is 0.503. The highest BCUT2D eigenvalue weighted by Crippen LogP contribution is 2.49. The number of hydrogen-bond donors (Lipinski definition) is 1. The van der Waals surface area contributed by atoms with Gasteiger partial charge in [-0.05, 0) is 46.1 Å². The molecule has 2 atom stereocenters. The highest BCUT2D eigenvalue weighted by molar-refractivity contribution is 5.77. The van der Waals surface area contributed by atoms with Crippen molar-refractivity contribution in [3.8, 4) is 16.9 Å². The molecule has 122 valence electrons. The molecule has 1 aliphatic carbocycles. The number of hydrogen-bond acceptors (Lipinski definition) is 2. The minimum atomic E-state index is -0.407. The van der Waals surface area contributed by atoms with E-state index in [0.29, 0.717) is 0 Å². The van der Waals surface area contributed by atoms with Gasteiger partial charge in [0.1, 0.15) is 5.75 Å².